The van der Waals surface area contributed by atoms with Crippen LogP contribution in [0.25, 0.3) is 11.0 Å². The second kappa shape index (κ2) is 7.78. The van der Waals surface area contributed by atoms with Gasteiger partial charge in [0.05, 0.1) is 10.6 Å². The summed E-state index contributed by atoms with van der Waals surface area (Å²) in [7, 11) is 0. The zero-order chi connectivity index (χ0) is 23.0. The first-order chi connectivity index (χ1) is 15.7. The van der Waals surface area contributed by atoms with E-state index >= 15 is 0 Å². The second-order valence-electron chi connectivity index (χ2n) is 12.2. The van der Waals surface area contributed by atoms with Gasteiger partial charge in [0.15, 0.2) is 5.78 Å². The molecule has 1 aromatic heterocycles. The molecule has 0 radical (unpaired) electrons. The lowest BCUT2D eigenvalue weighted by Gasteiger charge is -2.56. The van der Waals surface area contributed by atoms with Crippen LogP contribution in [0.5, 0.6) is 0 Å². The molecule has 8 unspecified atom stereocenters. The number of hydrogen-bond donors (Lipinski definition) is 1. The van der Waals surface area contributed by atoms with Crippen molar-refractivity contribution >= 4 is 28.4 Å². The minimum Gasteiger partial charge on any atom is -0.390 e. The number of aromatic nitrogens is 3. The maximum Gasteiger partial charge on any atom is 0.159 e. The van der Waals surface area contributed by atoms with Gasteiger partial charge in [-0.2, -0.15) is 15.0 Å². The smallest absolute Gasteiger partial charge is 0.159 e. The van der Waals surface area contributed by atoms with E-state index in [-0.39, 0.29) is 23.7 Å². The Balaban J connectivity index is 1.19. The van der Waals surface area contributed by atoms with Gasteiger partial charge in [-0.3, -0.25) is 4.79 Å². The minimum atomic E-state index is -0.461. The zero-order valence-electron chi connectivity index (χ0n) is 19.8. The Morgan fingerprint density at radius 3 is 2.70 bits per heavy atom. The molecule has 0 saturated heterocycles. The van der Waals surface area contributed by atoms with Crippen LogP contribution in [0.4, 0.5) is 0 Å². The third-order valence-corrected chi connectivity index (χ3v) is 10.6. The highest BCUT2D eigenvalue weighted by Gasteiger charge is 2.58. The van der Waals surface area contributed by atoms with E-state index in [9.17, 15) is 9.90 Å². The predicted molar refractivity (Wildman–Crippen MR) is 129 cm³/mol. The van der Waals surface area contributed by atoms with Crippen molar-refractivity contribution in [2.24, 2.45) is 40.9 Å². The summed E-state index contributed by atoms with van der Waals surface area (Å²) < 4.78 is 0. The minimum absolute atomic E-state index is 0.107. The molecule has 4 saturated carbocycles. The third kappa shape index (κ3) is 3.56. The van der Waals surface area contributed by atoms with Gasteiger partial charge >= 0.3 is 0 Å². The van der Waals surface area contributed by atoms with Crippen LogP contribution in [0.2, 0.25) is 5.02 Å². The number of benzene rings is 1. The number of fused-ring (bicyclic) bond motifs is 6. The summed E-state index contributed by atoms with van der Waals surface area (Å²) in [6.07, 6.45) is 10.3. The first-order valence-corrected chi connectivity index (χ1v) is 13.4. The Morgan fingerprint density at radius 1 is 1.06 bits per heavy atom. The number of halogens is 1. The average Bonchev–Trinajstić information content (AvgIpc) is 3.33. The van der Waals surface area contributed by atoms with Crippen molar-refractivity contribution in [1.82, 2.24) is 15.0 Å². The molecule has 4 fully saturated rings. The lowest BCUT2D eigenvalue weighted by Crippen LogP contribution is -2.51. The molecule has 0 aliphatic heterocycles. The summed E-state index contributed by atoms with van der Waals surface area (Å²) in [6, 6.07) is 5.58. The normalized spacial score (nSPS) is 42.5. The van der Waals surface area contributed by atoms with Crippen LogP contribution in [0.1, 0.15) is 71.6 Å². The van der Waals surface area contributed by atoms with Gasteiger partial charge in [0.2, 0.25) is 0 Å². The third-order valence-electron chi connectivity index (χ3n) is 10.3. The van der Waals surface area contributed by atoms with Crippen LogP contribution >= 0.6 is 11.6 Å². The van der Waals surface area contributed by atoms with Crippen LogP contribution in [0.3, 0.4) is 0 Å². The number of nitrogens with zero attached hydrogens (tertiary/aromatic N) is 3. The summed E-state index contributed by atoms with van der Waals surface area (Å²) in [5, 5.41) is 20.2. The SMILES string of the molecule is CC1(O)CCC2C(CCC3C2CCC2(C)C(C(=O)Cn4nc5cccc(Cl)c5n4)CCC32)C1. The Hall–Kier alpha value is -1.46. The fourth-order valence-electron chi connectivity index (χ4n) is 8.88. The van der Waals surface area contributed by atoms with Crippen LogP contribution < -0.4 is 0 Å². The number of carbonyl (C=O) groups excluding carboxylic acids is 1. The number of rotatable bonds is 3. The molecule has 5 nitrogen and oxygen atoms in total. The fourth-order valence-corrected chi connectivity index (χ4v) is 9.08. The number of ketones is 1. The molecular weight excluding hydrogens is 434 g/mol. The summed E-state index contributed by atoms with van der Waals surface area (Å²) in [6.45, 7) is 4.68. The topological polar surface area (TPSA) is 68.0 Å². The first kappa shape index (κ1) is 22.0. The lowest BCUT2D eigenvalue weighted by molar-refractivity contribution is -0.133. The van der Waals surface area contributed by atoms with Crippen molar-refractivity contribution < 1.29 is 9.90 Å². The molecule has 1 aromatic carbocycles. The van der Waals surface area contributed by atoms with Gasteiger partial charge in [0.25, 0.3) is 0 Å². The highest BCUT2D eigenvalue weighted by molar-refractivity contribution is 6.34. The molecule has 0 bridgehead atoms. The van der Waals surface area contributed by atoms with E-state index in [1.54, 1.807) is 4.80 Å². The van der Waals surface area contributed by atoms with Gasteiger partial charge in [0.1, 0.15) is 17.6 Å². The largest absolute Gasteiger partial charge is 0.390 e. The Labute approximate surface area is 201 Å². The van der Waals surface area contributed by atoms with Crippen molar-refractivity contribution in [3.05, 3.63) is 23.2 Å². The lowest BCUT2D eigenvalue weighted by atomic mass is 9.49. The maximum atomic E-state index is 13.5. The van der Waals surface area contributed by atoms with E-state index in [1.165, 1.54) is 32.1 Å². The Morgan fingerprint density at radius 2 is 1.88 bits per heavy atom. The molecule has 0 spiro atoms. The molecule has 4 aliphatic carbocycles. The van der Waals surface area contributed by atoms with E-state index in [0.29, 0.717) is 22.4 Å². The maximum absolute atomic E-state index is 13.5. The van der Waals surface area contributed by atoms with Gasteiger partial charge < -0.3 is 5.11 Å². The van der Waals surface area contributed by atoms with E-state index in [4.69, 9.17) is 11.6 Å². The molecule has 4 aliphatic rings. The highest BCUT2D eigenvalue weighted by Crippen LogP contribution is 2.64. The molecule has 6 heteroatoms. The number of Topliss-reactive ketones (excluding diaryl/α,β-unsaturated/α-hetero) is 1. The van der Waals surface area contributed by atoms with E-state index in [1.807, 2.05) is 25.1 Å². The molecule has 1 heterocycles. The summed E-state index contributed by atoms with van der Waals surface area (Å²) >= 11 is 6.26. The summed E-state index contributed by atoms with van der Waals surface area (Å²) in [4.78, 5) is 15.1. The van der Waals surface area contributed by atoms with Crippen molar-refractivity contribution in [2.45, 2.75) is 83.8 Å². The zero-order valence-corrected chi connectivity index (χ0v) is 20.6. The highest BCUT2D eigenvalue weighted by atomic mass is 35.5. The molecule has 8 atom stereocenters. The second-order valence-corrected chi connectivity index (χ2v) is 12.6. The molecule has 0 amide bonds. The summed E-state index contributed by atoms with van der Waals surface area (Å²) in [5.74, 6) is 4.10. The predicted octanol–water partition coefficient (Wildman–Crippen LogP) is 5.67. The monoisotopic (exact) mass is 469 g/mol. The quantitative estimate of drug-likeness (QED) is 0.628. The first-order valence-electron chi connectivity index (χ1n) is 13.0. The molecule has 2 aromatic rings. The van der Waals surface area contributed by atoms with Crippen molar-refractivity contribution in [2.75, 3.05) is 0 Å². The van der Waals surface area contributed by atoms with E-state index < -0.39 is 5.60 Å². The average molecular weight is 470 g/mol. The van der Waals surface area contributed by atoms with Gasteiger partial charge in [-0.15, -0.1) is 0 Å². The van der Waals surface area contributed by atoms with Crippen LogP contribution in [-0.2, 0) is 11.3 Å². The van der Waals surface area contributed by atoms with E-state index in [2.05, 4.69) is 17.1 Å². The van der Waals surface area contributed by atoms with Crippen LogP contribution in [0.15, 0.2) is 18.2 Å². The number of carbonyl (C=O) groups is 1. The van der Waals surface area contributed by atoms with Gasteiger partial charge in [-0.05, 0) is 112 Å². The van der Waals surface area contributed by atoms with Crippen molar-refractivity contribution in [3.8, 4) is 0 Å². The van der Waals surface area contributed by atoms with Gasteiger partial charge in [-0.1, -0.05) is 24.6 Å². The fraction of sp³-hybridized carbons (Fsp3) is 0.741. The summed E-state index contributed by atoms with van der Waals surface area (Å²) in [5.41, 5.74) is 1.06. The number of aliphatic hydroxyl groups is 1. The van der Waals surface area contributed by atoms with Crippen molar-refractivity contribution in [1.29, 1.82) is 0 Å². The standard InChI is InChI=1S/C27H36ClN3O2/c1-26(33)12-10-17-16(14-26)6-7-19-18(17)11-13-27(2)20(19)8-9-21(27)24(32)15-31-29-23-5-3-4-22(28)25(23)30-31/h3-5,16-21,33H,6-15H2,1-2H3. The number of hydrogen-bond acceptors (Lipinski definition) is 4. The van der Waals surface area contributed by atoms with E-state index in [0.717, 1.165) is 49.0 Å². The van der Waals surface area contributed by atoms with Crippen LogP contribution in [0, 0.1) is 40.9 Å². The van der Waals surface area contributed by atoms with Crippen molar-refractivity contribution in [3.63, 3.8) is 0 Å². The Kier molecular flexibility index (Phi) is 5.19. The molecule has 1 N–H and O–H groups in total. The van der Waals surface area contributed by atoms with Gasteiger partial charge in [-0.25, -0.2) is 0 Å². The Bertz CT molecular complexity index is 1080. The molecular formula is C27H36ClN3O2. The van der Waals surface area contributed by atoms with Gasteiger partial charge in [0, 0.05) is 5.92 Å². The van der Waals surface area contributed by atoms with Crippen LogP contribution in [-0.4, -0.2) is 31.5 Å². The molecule has 33 heavy (non-hydrogen) atoms. The molecule has 6 rings (SSSR count). The molecule has 178 valence electrons.